The lowest BCUT2D eigenvalue weighted by atomic mass is 10.1. The van der Waals surface area contributed by atoms with Crippen LogP contribution in [-0.2, 0) is 20.8 Å². The zero-order valence-electron chi connectivity index (χ0n) is 11.2. The number of aryl methyl sites for hydroxylation is 1. The Morgan fingerprint density at radius 1 is 1.58 bits per heavy atom. The zero-order chi connectivity index (χ0) is 13.8. The Bertz CT molecular complexity index is 464. The first-order valence-electron chi connectivity index (χ1n) is 6.26. The van der Waals surface area contributed by atoms with E-state index in [0.717, 1.165) is 11.1 Å². The van der Waals surface area contributed by atoms with E-state index in [1.54, 1.807) is 6.07 Å². The van der Waals surface area contributed by atoms with Gasteiger partial charge in [0, 0.05) is 13.1 Å². The van der Waals surface area contributed by atoms with Crippen LogP contribution in [0.2, 0.25) is 0 Å². The molecule has 2 rings (SSSR count). The standard InChI is InChI=1S/C14H18FNO3/c1-10-7-12(15)4-3-11(10)8-16-5-6-19-9-13(16)14(17)18-2/h3-4,7,13H,5-6,8-9H2,1-2H3. The van der Waals surface area contributed by atoms with Gasteiger partial charge in [-0.3, -0.25) is 9.69 Å². The molecule has 1 unspecified atom stereocenters. The molecular formula is C14H18FNO3. The fourth-order valence-electron chi connectivity index (χ4n) is 2.24. The highest BCUT2D eigenvalue weighted by Crippen LogP contribution is 2.17. The van der Waals surface area contributed by atoms with Crippen molar-refractivity contribution >= 4 is 5.97 Å². The molecule has 0 aromatic heterocycles. The summed E-state index contributed by atoms with van der Waals surface area (Å²) >= 11 is 0. The summed E-state index contributed by atoms with van der Waals surface area (Å²) in [5, 5.41) is 0. The van der Waals surface area contributed by atoms with Crippen molar-refractivity contribution in [2.75, 3.05) is 26.9 Å². The van der Waals surface area contributed by atoms with Crippen molar-refractivity contribution in [1.29, 1.82) is 0 Å². The third-order valence-electron chi connectivity index (χ3n) is 3.39. The highest BCUT2D eigenvalue weighted by atomic mass is 19.1. The van der Waals surface area contributed by atoms with Gasteiger partial charge < -0.3 is 9.47 Å². The molecular weight excluding hydrogens is 249 g/mol. The average molecular weight is 267 g/mol. The van der Waals surface area contributed by atoms with Crippen molar-refractivity contribution in [3.63, 3.8) is 0 Å². The second-order valence-corrected chi connectivity index (χ2v) is 4.66. The van der Waals surface area contributed by atoms with Gasteiger partial charge >= 0.3 is 5.97 Å². The van der Waals surface area contributed by atoms with Gasteiger partial charge in [-0.15, -0.1) is 0 Å². The summed E-state index contributed by atoms with van der Waals surface area (Å²) < 4.78 is 23.2. The molecule has 0 N–H and O–H groups in total. The number of nitrogens with zero attached hydrogens (tertiary/aromatic N) is 1. The van der Waals surface area contributed by atoms with Crippen LogP contribution in [-0.4, -0.2) is 43.8 Å². The molecule has 1 atom stereocenters. The normalized spacial score (nSPS) is 20.3. The average Bonchev–Trinajstić information content (AvgIpc) is 2.41. The van der Waals surface area contributed by atoms with Gasteiger partial charge in [-0.2, -0.15) is 0 Å². The van der Waals surface area contributed by atoms with E-state index in [2.05, 4.69) is 0 Å². The van der Waals surface area contributed by atoms with E-state index in [9.17, 15) is 9.18 Å². The van der Waals surface area contributed by atoms with E-state index in [-0.39, 0.29) is 17.8 Å². The van der Waals surface area contributed by atoms with E-state index < -0.39 is 0 Å². The number of benzene rings is 1. The molecule has 0 amide bonds. The molecule has 0 bridgehead atoms. The van der Waals surface area contributed by atoms with Crippen LogP contribution in [0.4, 0.5) is 4.39 Å². The molecule has 5 heteroatoms. The molecule has 1 fully saturated rings. The molecule has 104 valence electrons. The Morgan fingerprint density at radius 3 is 3.05 bits per heavy atom. The minimum absolute atomic E-state index is 0.243. The fraction of sp³-hybridized carbons (Fsp3) is 0.500. The number of carbonyl (C=O) groups is 1. The quantitative estimate of drug-likeness (QED) is 0.778. The molecule has 0 radical (unpaired) electrons. The van der Waals surface area contributed by atoms with E-state index in [1.807, 2.05) is 11.8 Å². The number of rotatable bonds is 3. The lowest BCUT2D eigenvalue weighted by molar-refractivity contribution is -0.153. The predicted octanol–water partition coefficient (Wildman–Crippen LogP) is 1.51. The molecule has 1 aliphatic heterocycles. The van der Waals surface area contributed by atoms with Crippen LogP contribution in [0, 0.1) is 12.7 Å². The van der Waals surface area contributed by atoms with Gasteiger partial charge in [-0.1, -0.05) is 6.07 Å². The van der Waals surface area contributed by atoms with Crippen LogP contribution in [0.25, 0.3) is 0 Å². The second kappa shape index (κ2) is 6.12. The van der Waals surface area contributed by atoms with Gasteiger partial charge in [0.05, 0.1) is 20.3 Å². The van der Waals surface area contributed by atoms with E-state index in [1.165, 1.54) is 19.2 Å². The number of hydrogen-bond acceptors (Lipinski definition) is 4. The summed E-state index contributed by atoms with van der Waals surface area (Å²) in [6.45, 7) is 4.05. The van der Waals surface area contributed by atoms with Gasteiger partial charge in [0.2, 0.25) is 0 Å². The summed E-state index contributed by atoms with van der Waals surface area (Å²) in [7, 11) is 1.37. The molecule has 0 spiro atoms. The smallest absolute Gasteiger partial charge is 0.325 e. The molecule has 19 heavy (non-hydrogen) atoms. The maximum atomic E-state index is 13.1. The third-order valence-corrected chi connectivity index (χ3v) is 3.39. The Morgan fingerprint density at radius 2 is 2.37 bits per heavy atom. The van der Waals surface area contributed by atoms with Crippen molar-refractivity contribution in [2.45, 2.75) is 19.5 Å². The number of methoxy groups -OCH3 is 1. The molecule has 0 saturated carbocycles. The number of hydrogen-bond donors (Lipinski definition) is 0. The summed E-state index contributed by atoms with van der Waals surface area (Å²) in [6, 6.07) is 4.32. The molecule has 1 heterocycles. The van der Waals surface area contributed by atoms with Gasteiger partial charge in [0.25, 0.3) is 0 Å². The lowest BCUT2D eigenvalue weighted by Crippen LogP contribution is -2.49. The molecule has 1 saturated heterocycles. The minimum atomic E-state index is -0.386. The third kappa shape index (κ3) is 3.30. The Hall–Kier alpha value is -1.46. The first kappa shape index (κ1) is 14.0. The van der Waals surface area contributed by atoms with Gasteiger partial charge in [-0.05, 0) is 30.2 Å². The van der Waals surface area contributed by atoms with Crippen LogP contribution in [0.15, 0.2) is 18.2 Å². The summed E-state index contributed by atoms with van der Waals surface area (Å²) in [4.78, 5) is 13.7. The van der Waals surface area contributed by atoms with Crippen LogP contribution < -0.4 is 0 Å². The highest BCUT2D eigenvalue weighted by molar-refractivity contribution is 5.75. The number of morpholine rings is 1. The highest BCUT2D eigenvalue weighted by Gasteiger charge is 2.30. The van der Waals surface area contributed by atoms with Crippen molar-refractivity contribution in [2.24, 2.45) is 0 Å². The van der Waals surface area contributed by atoms with E-state index in [4.69, 9.17) is 9.47 Å². The first-order valence-corrected chi connectivity index (χ1v) is 6.26. The number of halogens is 1. The topological polar surface area (TPSA) is 38.8 Å². The molecule has 1 aromatic carbocycles. The molecule has 0 aliphatic carbocycles. The summed E-state index contributed by atoms with van der Waals surface area (Å²) in [5.74, 6) is -0.535. The van der Waals surface area contributed by atoms with Crippen molar-refractivity contribution in [1.82, 2.24) is 4.90 Å². The van der Waals surface area contributed by atoms with Gasteiger partial charge in [-0.25, -0.2) is 4.39 Å². The Labute approximate surface area is 112 Å². The van der Waals surface area contributed by atoms with Crippen molar-refractivity contribution in [3.05, 3.63) is 35.1 Å². The fourth-order valence-corrected chi connectivity index (χ4v) is 2.24. The van der Waals surface area contributed by atoms with Crippen LogP contribution in [0.5, 0.6) is 0 Å². The number of ether oxygens (including phenoxy) is 2. The SMILES string of the molecule is COC(=O)C1COCCN1Cc1ccc(F)cc1C. The second-order valence-electron chi connectivity index (χ2n) is 4.66. The summed E-state index contributed by atoms with van der Waals surface area (Å²) in [6.07, 6.45) is 0. The first-order chi connectivity index (χ1) is 9.11. The minimum Gasteiger partial charge on any atom is -0.468 e. The maximum Gasteiger partial charge on any atom is 0.325 e. The van der Waals surface area contributed by atoms with Crippen LogP contribution in [0.1, 0.15) is 11.1 Å². The van der Waals surface area contributed by atoms with Gasteiger partial charge in [0.1, 0.15) is 11.9 Å². The molecule has 4 nitrogen and oxygen atoms in total. The van der Waals surface area contributed by atoms with E-state index in [0.29, 0.717) is 26.3 Å². The lowest BCUT2D eigenvalue weighted by Gasteiger charge is -2.33. The monoisotopic (exact) mass is 267 g/mol. The number of esters is 1. The van der Waals surface area contributed by atoms with Crippen molar-refractivity contribution < 1.29 is 18.7 Å². The largest absolute Gasteiger partial charge is 0.468 e. The summed E-state index contributed by atoms with van der Waals surface area (Å²) in [5.41, 5.74) is 1.90. The van der Waals surface area contributed by atoms with Crippen LogP contribution >= 0.6 is 0 Å². The number of carbonyl (C=O) groups excluding carboxylic acids is 1. The molecule has 1 aliphatic rings. The Balaban J connectivity index is 2.13. The predicted molar refractivity (Wildman–Crippen MR) is 68.2 cm³/mol. The van der Waals surface area contributed by atoms with Gasteiger partial charge in [0.15, 0.2) is 0 Å². The maximum absolute atomic E-state index is 13.1. The van der Waals surface area contributed by atoms with Crippen LogP contribution in [0.3, 0.4) is 0 Å². The molecule has 1 aromatic rings. The van der Waals surface area contributed by atoms with Crippen molar-refractivity contribution in [3.8, 4) is 0 Å². The zero-order valence-corrected chi connectivity index (χ0v) is 11.2. The Kier molecular flexibility index (Phi) is 4.50. The van der Waals surface area contributed by atoms with E-state index >= 15 is 0 Å².